The Bertz CT molecular complexity index is 1460. The maximum absolute atomic E-state index is 13.5. The molecule has 1 amide bonds. The highest BCUT2D eigenvalue weighted by atomic mass is 79.9. The third-order valence-corrected chi connectivity index (χ3v) is 7.00. The number of Topliss-reactive ketones (excluding diaryl/α,β-unsaturated/α-hetero) is 1. The number of hydrogen-bond donors (Lipinski definition) is 0. The first-order chi connectivity index (χ1) is 14.9. The van der Waals surface area contributed by atoms with Crippen LogP contribution in [-0.4, -0.2) is 16.7 Å². The molecule has 0 fully saturated rings. The first-order valence-corrected chi connectivity index (χ1v) is 11.1. The number of fused-ring (bicyclic) bond motifs is 2. The molecule has 31 heavy (non-hydrogen) atoms. The molecule has 1 aliphatic heterocycles. The second kappa shape index (κ2) is 7.25. The minimum absolute atomic E-state index is 0.00547. The second-order valence-electron chi connectivity index (χ2n) is 7.27. The SMILES string of the molecule is CC(=O)c1sc(N2C(=O)c3oc4ccccc4c(=O)c3C2c2cccc(Br)c2)nc1C. The number of carbonyl (C=O) groups is 2. The molecule has 1 aliphatic rings. The summed E-state index contributed by atoms with van der Waals surface area (Å²) in [6, 6.07) is 13.6. The number of halogens is 1. The summed E-state index contributed by atoms with van der Waals surface area (Å²) in [5, 5.41) is 0.767. The van der Waals surface area contributed by atoms with Gasteiger partial charge in [-0.05, 0) is 36.8 Å². The number of para-hydroxylation sites is 1. The molecule has 1 unspecified atom stereocenters. The summed E-state index contributed by atoms with van der Waals surface area (Å²) in [6.07, 6.45) is 0. The molecular formula is C23H15BrN2O4S. The smallest absolute Gasteiger partial charge is 0.297 e. The fourth-order valence-corrected chi connectivity index (χ4v) is 5.33. The van der Waals surface area contributed by atoms with Gasteiger partial charge in [-0.2, -0.15) is 0 Å². The van der Waals surface area contributed by atoms with Crippen LogP contribution in [0.25, 0.3) is 11.0 Å². The molecule has 0 bridgehead atoms. The Kier molecular flexibility index (Phi) is 4.64. The fraction of sp³-hybridized carbons (Fsp3) is 0.130. The van der Waals surface area contributed by atoms with Crippen molar-refractivity contribution in [2.75, 3.05) is 4.90 Å². The molecule has 1 atom stereocenters. The van der Waals surface area contributed by atoms with Gasteiger partial charge >= 0.3 is 0 Å². The summed E-state index contributed by atoms with van der Waals surface area (Å²) in [7, 11) is 0. The van der Waals surface area contributed by atoms with Crippen LogP contribution < -0.4 is 10.3 Å². The lowest BCUT2D eigenvalue weighted by Crippen LogP contribution is -2.29. The minimum Gasteiger partial charge on any atom is -0.450 e. The van der Waals surface area contributed by atoms with Crippen molar-refractivity contribution in [3.05, 3.63) is 90.7 Å². The zero-order valence-electron chi connectivity index (χ0n) is 16.5. The monoisotopic (exact) mass is 494 g/mol. The van der Waals surface area contributed by atoms with E-state index in [1.165, 1.54) is 11.8 Å². The van der Waals surface area contributed by atoms with Gasteiger partial charge in [-0.25, -0.2) is 4.98 Å². The lowest BCUT2D eigenvalue weighted by Gasteiger charge is -2.22. The predicted octanol–water partition coefficient (Wildman–Crippen LogP) is 5.27. The van der Waals surface area contributed by atoms with Gasteiger partial charge < -0.3 is 4.42 Å². The van der Waals surface area contributed by atoms with E-state index in [0.717, 1.165) is 21.4 Å². The van der Waals surface area contributed by atoms with Crippen LogP contribution in [0.15, 0.2) is 62.2 Å². The summed E-state index contributed by atoms with van der Waals surface area (Å²) in [5.41, 5.74) is 1.67. The van der Waals surface area contributed by atoms with Gasteiger partial charge in [0.2, 0.25) is 5.76 Å². The Morgan fingerprint density at radius 2 is 1.94 bits per heavy atom. The Hall–Kier alpha value is -3.10. The summed E-state index contributed by atoms with van der Waals surface area (Å²) in [6.45, 7) is 3.20. The number of benzene rings is 2. The van der Waals surface area contributed by atoms with Gasteiger partial charge in [-0.1, -0.05) is 51.5 Å². The number of carbonyl (C=O) groups excluding carboxylic acids is 2. The van der Waals surface area contributed by atoms with Crippen LogP contribution in [0, 0.1) is 6.92 Å². The van der Waals surface area contributed by atoms with Gasteiger partial charge in [-0.3, -0.25) is 19.3 Å². The summed E-state index contributed by atoms with van der Waals surface area (Å²) >= 11 is 4.61. The molecule has 0 saturated heterocycles. The van der Waals surface area contributed by atoms with Gasteiger partial charge in [0.25, 0.3) is 5.91 Å². The maximum atomic E-state index is 13.5. The molecule has 154 valence electrons. The molecule has 0 spiro atoms. The number of aryl methyl sites for hydroxylation is 1. The van der Waals surface area contributed by atoms with Gasteiger partial charge in [-0.15, -0.1) is 0 Å². The van der Waals surface area contributed by atoms with Crippen LogP contribution in [0.5, 0.6) is 0 Å². The maximum Gasteiger partial charge on any atom is 0.297 e. The molecule has 0 radical (unpaired) electrons. The number of anilines is 1. The third kappa shape index (κ3) is 3.05. The van der Waals surface area contributed by atoms with E-state index < -0.39 is 11.9 Å². The van der Waals surface area contributed by atoms with Crippen LogP contribution in [-0.2, 0) is 0 Å². The zero-order valence-corrected chi connectivity index (χ0v) is 18.9. The standard InChI is InChI=1S/C23H15BrN2O4S/c1-11-21(12(2)27)31-23(25-11)26-18(13-6-5-7-14(24)10-13)17-19(28)15-8-3-4-9-16(15)30-20(17)22(26)29/h3-10,18H,1-2H3. The molecule has 0 N–H and O–H groups in total. The van der Waals surface area contributed by atoms with Crippen molar-refractivity contribution in [2.45, 2.75) is 19.9 Å². The zero-order chi connectivity index (χ0) is 21.9. The summed E-state index contributed by atoms with van der Waals surface area (Å²) in [5.74, 6) is -0.568. The van der Waals surface area contributed by atoms with E-state index in [1.54, 1.807) is 31.2 Å². The Balaban J connectivity index is 1.81. The van der Waals surface area contributed by atoms with Gasteiger partial charge in [0.1, 0.15) is 5.58 Å². The number of aromatic nitrogens is 1. The highest BCUT2D eigenvalue weighted by molar-refractivity contribution is 9.10. The van der Waals surface area contributed by atoms with Crippen molar-refractivity contribution in [1.82, 2.24) is 4.98 Å². The Labute approximate surface area is 189 Å². The molecule has 6 nitrogen and oxygen atoms in total. The number of ketones is 1. The number of nitrogens with zero attached hydrogens (tertiary/aromatic N) is 2. The van der Waals surface area contributed by atoms with E-state index in [0.29, 0.717) is 26.7 Å². The van der Waals surface area contributed by atoms with Crippen LogP contribution in [0.1, 0.15) is 50.0 Å². The average molecular weight is 495 g/mol. The largest absolute Gasteiger partial charge is 0.450 e. The number of hydrogen-bond acceptors (Lipinski definition) is 6. The first kappa shape index (κ1) is 19.8. The molecule has 2 aromatic carbocycles. The van der Waals surface area contributed by atoms with E-state index in [9.17, 15) is 14.4 Å². The summed E-state index contributed by atoms with van der Waals surface area (Å²) < 4.78 is 6.74. The number of thiazole rings is 1. The second-order valence-corrected chi connectivity index (χ2v) is 9.16. The number of amides is 1. The highest BCUT2D eigenvalue weighted by Crippen LogP contribution is 2.43. The molecule has 0 saturated carbocycles. The Morgan fingerprint density at radius 3 is 2.65 bits per heavy atom. The van der Waals surface area contributed by atoms with Crippen LogP contribution in [0.3, 0.4) is 0 Å². The molecular weight excluding hydrogens is 480 g/mol. The first-order valence-electron chi connectivity index (χ1n) is 9.50. The topological polar surface area (TPSA) is 80.5 Å². The lowest BCUT2D eigenvalue weighted by molar-refractivity contribution is 0.0969. The molecule has 3 heterocycles. The Morgan fingerprint density at radius 1 is 1.16 bits per heavy atom. The molecule has 2 aromatic heterocycles. The molecule has 8 heteroatoms. The van der Waals surface area contributed by atoms with E-state index >= 15 is 0 Å². The van der Waals surface area contributed by atoms with E-state index in [4.69, 9.17) is 4.42 Å². The van der Waals surface area contributed by atoms with Gasteiger partial charge in [0.05, 0.1) is 27.6 Å². The highest BCUT2D eigenvalue weighted by Gasteiger charge is 2.45. The minimum atomic E-state index is -0.716. The van der Waals surface area contributed by atoms with Crippen molar-refractivity contribution in [3.63, 3.8) is 0 Å². The molecule has 0 aliphatic carbocycles. The fourth-order valence-electron chi connectivity index (χ4n) is 3.92. The molecule has 5 rings (SSSR count). The molecule has 4 aromatic rings. The predicted molar refractivity (Wildman–Crippen MR) is 122 cm³/mol. The van der Waals surface area contributed by atoms with E-state index in [-0.39, 0.29) is 22.5 Å². The van der Waals surface area contributed by atoms with E-state index in [1.807, 2.05) is 24.3 Å². The van der Waals surface area contributed by atoms with Crippen molar-refractivity contribution in [3.8, 4) is 0 Å². The quantitative estimate of drug-likeness (QED) is 0.362. The lowest BCUT2D eigenvalue weighted by atomic mass is 9.99. The van der Waals surface area contributed by atoms with Crippen molar-refractivity contribution in [1.29, 1.82) is 0 Å². The van der Waals surface area contributed by atoms with Crippen LogP contribution in [0.4, 0.5) is 5.13 Å². The number of rotatable bonds is 3. The van der Waals surface area contributed by atoms with Crippen LogP contribution in [0.2, 0.25) is 0 Å². The van der Waals surface area contributed by atoms with Crippen LogP contribution >= 0.6 is 27.3 Å². The van der Waals surface area contributed by atoms with E-state index in [2.05, 4.69) is 20.9 Å². The normalized spacial score (nSPS) is 15.5. The van der Waals surface area contributed by atoms with Gasteiger partial charge in [0, 0.05) is 11.4 Å². The van der Waals surface area contributed by atoms with Crippen molar-refractivity contribution < 1.29 is 14.0 Å². The third-order valence-electron chi connectivity index (χ3n) is 5.25. The average Bonchev–Trinajstić information content (AvgIpc) is 3.26. The van der Waals surface area contributed by atoms with Crippen molar-refractivity contribution >= 4 is 55.1 Å². The van der Waals surface area contributed by atoms with Gasteiger partial charge in [0.15, 0.2) is 16.3 Å². The summed E-state index contributed by atoms with van der Waals surface area (Å²) in [4.78, 5) is 45.4. The van der Waals surface area contributed by atoms with Crippen molar-refractivity contribution in [2.24, 2.45) is 0 Å².